The first-order valence-electron chi connectivity index (χ1n) is 9.56. The van der Waals surface area contributed by atoms with Crippen LogP contribution in [-0.4, -0.2) is 28.4 Å². The number of para-hydroxylation sites is 1. The minimum absolute atomic E-state index is 0.129. The maximum absolute atomic E-state index is 11.6. The SMILES string of the molecule is CCCCC(O)CCc1cc2ccccc2n1CCCC(=O)OCC. The molecule has 0 aliphatic rings. The smallest absolute Gasteiger partial charge is 0.305 e. The average Bonchev–Trinajstić information content (AvgIpc) is 2.96. The lowest BCUT2D eigenvalue weighted by molar-refractivity contribution is -0.143. The molecule has 0 saturated heterocycles. The van der Waals surface area contributed by atoms with E-state index in [0.29, 0.717) is 13.0 Å². The molecule has 0 aliphatic carbocycles. The summed E-state index contributed by atoms with van der Waals surface area (Å²) in [6.45, 7) is 5.21. The standard InChI is InChI=1S/C21H31NO3/c1-3-5-10-19(23)14-13-18-16-17-9-6-7-11-20(17)22(18)15-8-12-21(24)25-4-2/h6-7,9,11,16,19,23H,3-5,8,10,12-15H2,1-2H3. The number of aliphatic hydroxyl groups is 1. The van der Waals surface area contributed by atoms with E-state index in [9.17, 15) is 9.90 Å². The van der Waals surface area contributed by atoms with Crippen molar-refractivity contribution in [3.05, 3.63) is 36.0 Å². The van der Waals surface area contributed by atoms with E-state index < -0.39 is 0 Å². The van der Waals surface area contributed by atoms with Crippen LogP contribution in [0.5, 0.6) is 0 Å². The van der Waals surface area contributed by atoms with Gasteiger partial charge in [0.1, 0.15) is 0 Å². The molecule has 1 unspecified atom stereocenters. The molecule has 1 aromatic heterocycles. The van der Waals surface area contributed by atoms with Gasteiger partial charge >= 0.3 is 5.97 Å². The van der Waals surface area contributed by atoms with Crippen LogP contribution < -0.4 is 0 Å². The predicted molar refractivity (Wildman–Crippen MR) is 102 cm³/mol. The molecule has 1 aromatic carbocycles. The van der Waals surface area contributed by atoms with Gasteiger partial charge in [0.2, 0.25) is 0 Å². The molecule has 25 heavy (non-hydrogen) atoms. The summed E-state index contributed by atoms with van der Waals surface area (Å²) in [5.74, 6) is -0.129. The van der Waals surface area contributed by atoms with Crippen molar-refractivity contribution in [3.63, 3.8) is 0 Å². The Morgan fingerprint density at radius 1 is 1.20 bits per heavy atom. The van der Waals surface area contributed by atoms with Crippen molar-refractivity contribution in [2.45, 2.75) is 71.4 Å². The van der Waals surface area contributed by atoms with Crippen LogP contribution >= 0.6 is 0 Å². The number of nitrogens with zero attached hydrogens (tertiary/aromatic N) is 1. The van der Waals surface area contributed by atoms with Gasteiger partial charge in [-0.1, -0.05) is 38.0 Å². The van der Waals surface area contributed by atoms with E-state index in [2.05, 4.69) is 29.7 Å². The Balaban J connectivity index is 2.03. The zero-order chi connectivity index (χ0) is 18.1. The van der Waals surface area contributed by atoms with E-state index in [0.717, 1.165) is 45.1 Å². The van der Waals surface area contributed by atoms with E-state index >= 15 is 0 Å². The van der Waals surface area contributed by atoms with Crippen LogP contribution in [0.25, 0.3) is 10.9 Å². The molecule has 1 N–H and O–H groups in total. The molecule has 138 valence electrons. The molecule has 4 nitrogen and oxygen atoms in total. The Hall–Kier alpha value is -1.81. The molecule has 0 radical (unpaired) electrons. The molecular formula is C21H31NO3. The van der Waals surface area contributed by atoms with Crippen molar-refractivity contribution in [2.75, 3.05) is 6.61 Å². The Bertz CT molecular complexity index is 662. The maximum Gasteiger partial charge on any atom is 0.305 e. The highest BCUT2D eigenvalue weighted by atomic mass is 16.5. The average molecular weight is 345 g/mol. The van der Waals surface area contributed by atoms with E-state index in [1.165, 1.54) is 16.6 Å². The van der Waals surface area contributed by atoms with E-state index in [1.54, 1.807) is 0 Å². The first-order chi connectivity index (χ1) is 12.2. The number of hydrogen-bond donors (Lipinski definition) is 1. The third-order valence-corrected chi connectivity index (χ3v) is 4.59. The summed E-state index contributed by atoms with van der Waals surface area (Å²) >= 11 is 0. The largest absolute Gasteiger partial charge is 0.466 e. The number of hydrogen-bond acceptors (Lipinski definition) is 3. The fraction of sp³-hybridized carbons (Fsp3) is 0.571. The Morgan fingerprint density at radius 2 is 2.00 bits per heavy atom. The van der Waals surface area contributed by atoms with Crippen molar-refractivity contribution in [2.24, 2.45) is 0 Å². The lowest BCUT2D eigenvalue weighted by Crippen LogP contribution is -2.11. The van der Waals surface area contributed by atoms with Gasteiger partial charge in [-0.2, -0.15) is 0 Å². The molecule has 0 amide bonds. The summed E-state index contributed by atoms with van der Waals surface area (Å²) in [5, 5.41) is 11.4. The number of carbonyl (C=O) groups excluding carboxylic acids is 1. The number of aryl methyl sites for hydroxylation is 2. The van der Waals surface area contributed by atoms with Crippen LogP contribution in [0.15, 0.2) is 30.3 Å². The molecule has 1 atom stereocenters. The summed E-state index contributed by atoms with van der Waals surface area (Å²) in [5.41, 5.74) is 2.44. The van der Waals surface area contributed by atoms with Crippen molar-refractivity contribution >= 4 is 16.9 Å². The zero-order valence-electron chi connectivity index (χ0n) is 15.5. The lowest BCUT2D eigenvalue weighted by atomic mass is 10.1. The summed E-state index contributed by atoms with van der Waals surface area (Å²) in [6.07, 6.45) is 5.69. The Labute approximate surface area is 150 Å². The van der Waals surface area contributed by atoms with Crippen LogP contribution in [0.2, 0.25) is 0 Å². The second kappa shape index (κ2) is 10.2. The van der Waals surface area contributed by atoms with Crippen molar-refractivity contribution in [1.82, 2.24) is 4.57 Å². The summed E-state index contributed by atoms with van der Waals surface area (Å²) in [4.78, 5) is 11.6. The minimum atomic E-state index is -0.231. The molecule has 0 spiro atoms. The normalized spacial score (nSPS) is 12.4. The van der Waals surface area contributed by atoms with Crippen LogP contribution in [0.3, 0.4) is 0 Å². The molecule has 1 heterocycles. The number of esters is 1. The lowest BCUT2D eigenvalue weighted by Gasteiger charge is -2.13. The molecular weight excluding hydrogens is 314 g/mol. The monoisotopic (exact) mass is 345 g/mol. The van der Waals surface area contributed by atoms with Crippen molar-refractivity contribution < 1.29 is 14.6 Å². The first kappa shape index (κ1) is 19.5. The van der Waals surface area contributed by atoms with Gasteiger partial charge in [0.05, 0.1) is 12.7 Å². The minimum Gasteiger partial charge on any atom is -0.466 e. The van der Waals surface area contributed by atoms with Gasteiger partial charge in [-0.05, 0) is 50.1 Å². The van der Waals surface area contributed by atoms with Crippen LogP contribution in [-0.2, 0) is 22.5 Å². The molecule has 2 aromatic rings. The van der Waals surface area contributed by atoms with Crippen LogP contribution in [0.4, 0.5) is 0 Å². The maximum atomic E-state index is 11.6. The number of aromatic nitrogens is 1. The Kier molecular flexibility index (Phi) is 7.99. The molecule has 0 saturated carbocycles. The molecule has 0 fully saturated rings. The highest BCUT2D eigenvalue weighted by molar-refractivity contribution is 5.81. The quantitative estimate of drug-likeness (QED) is 0.611. The number of rotatable bonds is 11. The van der Waals surface area contributed by atoms with Gasteiger partial charge in [-0.25, -0.2) is 0 Å². The number of fused-ring (bicyclic) bond motifs is 1. The van der Waals surface area contributed by atoms with Crippen LogP contribution in [0, 0.1) is 0 Å². The van der Waals surface area contributed by atoms with E-state index in [-0.39, 0.29) is 12.1 Å². The van der Waals surface area contributed by atoms with Gasteiger partial charge in [-0.3, -0.25) is 4.79 Å². The Morgan fingerprint density at radius 3 is 2.76 bits per heavy atom. The number of carbonyl (C=O) groups is 1. The number of benzene rings is 1. The molecule has 0 bridgehead atoms. The molecule has 4 heteroatoms. The van der Waals surface area contributed by atoms with Gasteiger partial charge in [-0.15, -0.1) is 0 Å². The summed E-state index contributed by atoms with van der Waals surface area (Å²) in [6, 6.07) is 10.5. The highest BCUT2D eigenvalue weighted by Crippen LogP contribution is 2.22. The topological polar surface area (TPSA) is 51.5 Å². The van der Waals surface area contributed by atoms with E-state index in [1.807, 2.05) is 19.1 Å². The first-order valence-corrected chi connectivity index (χ1v) is 9.56. The van der Waals surface area contributed by atoms with Gasteiger partial charge in [0.15, 0.2) is 0 Å². The second-order valence-electron chi connectivity index (χ2n) is 6.59. The number of aliphatic hydroxyl groups excluding tert-OH is 1. The second-order valence-corrected chi connectivity index (χ2v) is 6.59. The zero-order valence-corrected chi connectivity index (χ0v) is 15.5. The van der Waals surface area contributed by atoms with Gasteiger partial charge in [0, 0.05) is 24.2 Å². The fourth-order valence-electron chi connectivity index (χ4n) is 3.25. The third-order valence-electron chi connectivity index (χ3n) is 4.59. The number of unbranched alkanes of at least 4 members (excludes halogenated alkanes) is 1. The summed E-state index contributed by atoms with van der Waals surface area (Å²) < 4.78 is 7.31. The highest BCUT2D eigenvalue weighted by Gasteiger charge is 2.12. The van der Waals surface area contributed by atoms with Gasteiger partial charge in [0.25, 0.3) is 0 Å². The number of ether oxygens (including phenoxy) is 1. The van der Waals surface area contributed by atoms with Gasteiger partial charge < -0.3 is 14.4 Å². The summed E-state index contributed by atoms with van der Waals surface area (Å²) in [7, 11) is 0. The van der Waals surface area contributed by atoms with Crippen molar-refractivity contribution in [3.8, 4) is 0 Å². The van der Waals surface area contributed by atoms with Crippen molar-refractivity contribution in [1.29, 1.82) is 0 Å². The van der Waals surface area contributed by atoms with Crippen LogP contribution in [0.1, 0.15) is 58.1 Å². The fourth-order valence-corrected chi connectivity index (χ4v) is 3.25. The molecule has 2 rings (SSSR count). The predicted octanol–water partition coefficient (Wildman–Crippen LogP) is 4.47. The molecule has 0 aliphatic heterocycles. The third kappa shape index (κ3) is 5.89. The van der Waals surface area contributed by atoms with E-state index in [4.69, 9.17) is 4.74 Å².